The molecule has 1 aliphatic rings. The van der Waals surface area contributed by atoms with Gasteiger partial charge in [0.15, 0.2) is 0 Å². The Labute approximate surface area is 159 Å². The zero-order valence-electron chi connectivity index (χ0n) is 15.8. The van der Waals surface area contributed by atoms with Crippen LogP contribution in [0.15, 0.2) is 23.1 Å². The SMILES string of the molecule is COc1cc(NC(=O)N2CCC(C)C(C(=O)O)C2)ccc1S(=O)(=O)N(C)C. The molecule has 1 aromatic rings. The third kappa shape index (κ3) is 4.51. The molecule has 10 heteroatoms. The molecule has 0 saturated carbocycles. The quantitative estimate of drug-likeness (QED) is 0.775. The van der Waals surface area contributed by atoms with Gasteiger partial charge in [-0.3, -0.25) is 4.79 Å². The number of nitrogens with one attached hydrogen (secondary N) is 1. The van der Waals surface area contributed by atoms with Crippen LogP contribution in [-0.2, 0) is 14.8 Å². The Bertz CT molecular complexity index is 824. The third-order valence-corrected chi connectivity index (χ3v) is 6.59. The number of ether oxygens (including phenoxy) is 1. The maximum Gasteiger partial charge on any atom is 0.321 e. The molecule has 1 heterocycles. The summed E-state index contributed by atoms with van der Waals surface area (Å²) in [6, 6.07) is 3.83. The number of benzene rings is 1. The van der Waals surface area contributed by atoms with Crippen LogP contribution < -0.4 is 10.1 Å². The van der Waals surface area contributed by atoms with Crippen molar-refractivity contribution in [3.8, 4) is 5.75 Å². The average molecular weight is 399 g/mol. The number of methoxy groups -OCH3 is 1. The lowest BCUT2D eigenvalue weighted by molar-refractivity contribution is -0.145. The van der Waals surface area contributed by atoms with Crippen molar-refractivity contribution in [2.75, 3.05) is 39.6 Å². The molecule has 0 spiro atoms. The number of urea groups is 1. The molecule has 2 unspecified atom stereocenters. The van der Waals surface area contributed by atoms with E-state index in [1.165, 1.54) is 44.3 Å². The summed E-state index contributed by atoms with van der Waals surface area (Å²) in [4.78, 5) is 25.3. The van der Waals surface area contributed by atoms with Crippen molar-refractivity contribution in [3.05, 3.63) is 18.2 Å². The van der Waals surface area contributed by atoms with Crippen molar-refractivity contribution >= 4 is 27.7 Å². The van der Waals surface area contributed by atoms with E-state index in [9.17, 15) is 23.1 Å². The highest BCUT2D eigenvalue weighted by Crippen LogP contribution is 2.29. The molecule has 1 aromatic carbocycles. The van der Waals surface area contributed by atoms with Gasteiger partial charge in [0.05, 0.1) is 13.0 Å². The molecule has 0 radical (unpaired) electrons. The zero-order valence-corrected chi connectivity index (χ0v) is 16.6. The molecule has 150 valence electrons. The minimum Gasteiger partial charge on any atom is -0.495 e. The largest absolute Gasteiger partial charge is 0.495 e. The number of amides is 2. The maximum atomic E-state index is 12.5. The van der Waals surface area contributed by atoms with Crippen LogP contribution in [0.4, 0.5) is 10.5 Å². The molecule has 2 amide bonds. The van der Waals surface area contributed by atoms with Gasteiger partial charge in [0.25, 0.3) is 0 Å². The number of hydrogen-bond acceptors (Lipinski definition) is 5. The normalized spacial score (nSPS) is 20.4. The smallest absolute Gasteiger partial charge is 0.321 e. The van der Waals surface area contributed by atoms with Gasteiger partial charge in [0, 0.05) is 38.9 Å². The number of anilines is 1. The van der Waals surface area contributed by atoms with Crippen molar-refractivity contribution < 1.29 is 27.9 Å². The molecule has 2 N–H and O–H groups in total. The Morgan fingerprint density at radius 3 is 2.56 bits per heavy atom. The average Bonchev–Trinajstić information content (AvgIpc) is 2.61. The fourth-order valence-electron chi connectivity index (χ4n) is 2.93. The highest BCUT2D eigenvalue weighted by Gasteiger charge is 2.33. The van der Waals surface area contributed by atoms with E-state index in [2.05, 4.69) is 5.32 Å². The van der Waals surface area contributed by atoms with E-state index in [1.807, 2.05) is 6.92 Å². The molecule has 2 atom stereocenters. The summed E-state index contributed by atoms with van der Waals surface area (Å²) < 4.78 is 30.9. The molecule has 0 aromatic heterocycles. The monoisotopic (exact) mass is 399 g/mol. The summed E-state index contributed by atoms with van der Waals surface area (Å²) in [7, 11) is 0.493. The predicted octanol–water partition coefficient (Wildman–Crippen LogP) is 1.52. The lowest BCUT2D eigenvalue weighted by Gasteiger charge is -2.34. The Morgan fingerprint density at radius 2 is 2.00 bits per heavy atom. The van der Waals surface area contributed by atoms with E-state index >= 15 is 0 Å². The molecule has 1 saturated heterocycles. The molecule has 2 rings (SSSR count). The van der Waals surface area contributed by atoms with Crippen molar-refractivity contribution in [2.45, 2.75) is 18.2 Å². The van der Waals surface area contributed by atoms with Gasteiger partial charge in [-0.2, -0.15) is 0 Å². The second-order valence-electron chi connectivity index (χ2n) is 6.74. The highest BCUT2D eigenvalue weighted by molar-refractivity contribution is 7.89. The number of carboxylic acid groups (broad SMARTS) is 1. The van der Waals surface area contributed by atoms with E-state index in [0.29, 0.717) is 18.7 Å². The Hall–Kier alpha value is -2.33. The first kappa shape index (κ1) is 21.0. The number of carboxylic acids is 1. The van der Waals surface area contributed by atoms with Crippen molar-refractivity contribution in [1.82, 2.24) is 9.21 Å². The zero-order chi connectivity index (χ0) is 20.4. The fraction of sp³-hybridized carbons (Fsp3) is 0.529. The minimum absolute atomic E-state index is 0.00201. The summed E-state index contributed by atoms with van der Waals surface area (Å²) >= 11 is 0. The number of nitrogens with zero attached hydrogens (tertiary/aromatic N) is 2. The number of aliphatic carboxylic acids is 1. The number of sulfonamides is 1. The number of piperidine rings is 1. The van der Waals surface area contributed by atoms with E-state index in [1.54, 1.807) is 0 Å². The van der Waals surface area contributed by atoms with E-state index in [4.69, 9.17) is 4.74 Å². The number of carbonyl (C=O) groups is 2. The van der Waals surface area contributed by atoms with Crippen LogP contribution in [0.3, 0.4) is 0 Å². The Morgan fingerprint density at radius 1 is 1.33 bits per heavy atom. The summed E-state index contributed by atoms with van der Waals surface area (Å²) in [6.45, 7) is 2.45. The van der Waals surface area contributed by atoms with Crippen molar-refractivity contribution in [3.63, 3.8) is 0 Å². The fourth-order valence-corrected chi connectivity index (χ4v) is 3.96. The van der Waals surface area contributed by atoms with Crippen LogP contribution in [0.2, 0.25) is 0 Å². The van der Waals surface area contributed by atoms with Crippen molar-refractivity contribution in [2.24, 2.45) is 11.8 Å². The van der Waals surface area contributed by atoms with Crippen LogP contribution in [0, 0.1) is 11.8 Å². The van der Waals surface area contributed by atoms with Gasteiger partial charge in [-0.05, 0) is 24.5 Å². The molecule has 1 aliphatic heterocycles. The van der Waals surface area contributed by atoms with Crippen LogP contribution in [0.1, 0.15) is 13.3 Å². The first-order chi connectivity index (χ1) is 12.6. The second kappa shape index (κ2) is 8.13. The molecule has 27 heavy (non-hydrogen) atoms. The summed E-state index contributed by atoms with van der Waals surface area (Å²) in [5, 5.41) is 12.0. The van der Waals surface area contributed by atoms with Crippen LogP contribution in [-0.4, -0.2) is 69.0 Å². The molecule has 9 nitrogen and oxygen atoms in total. The van der Waals surface area contributed by atoms with Gasteiger partial charge in [-0.15, -0.1) is 0 Å². The molecule has 1 fully saturated rings. The number of carbonyl (C=O) groups excluding carboxylic acids is 1. The van der Waals surface area contributed by atoms with Crippen molar-refractivity contribution in [1.29, 1.82) is 0 Å². The van der Waals surface area contributed by atoms with E-state index < -0.39 is 27.9 Å². The Balaban J connectivity index is 2.18. The predicted molar refractivity (Wildman–Crippen MR) is 99.4 cm³/mol. The first-order valence-corrected chi connectivity index (χ1v) is 9.91. The second-order valence-corrected chi connectivity index (χ2v) is 8.86. The lowest BCUT2D eigenvalue weighted by Crippen LogP contribution is -2.47. The first-order valence-electron chi connectivity index (χ1n) is 8.47. The molecular formula is C17H25N3O6S. The standard InChI is InChI=1S/C17H25N3O6S/c1-11-7-8-20(10-13(11)16(21)22)17(23)18-12-5-6-15(14(9-12)26-4)27(24,25)19(2)3/h5-6,9,11,13H,7-8,10H2,1-4H3,(H,18,23)(H,21,22). The number of rotatable bonds is 5. The van der Waals surface area contributed by atoms with Gasteiger partial charge >= 0.3 is 12.0 Å². The van der Waals surface area contributed by atoms with Crippen LogP contribution in [0.5, 0.6) is 5.75 Å². The van der Waals surface area contributed by atoms with E-state index in [-0.39, 0.29) is 23.1 Å². The summed E-state index contributed by atoms with van der Waals surface area (Å²) in [5.41, 5.74) is 0.361. The third-order valence-electron chi connectivity index (χ3n) is 4.74. The van der Waals surface area contributed by atoms with Gasteiger partial charge in [0.1, 0.15) is 10.6 Å². The summed E-state index contributed by atoms with van der Waals surface area (Å²) in [5.74, 6) is -1.41. The van der Waals surface area contributed by atoms with E-state index in [0.717, 1.165) is 4.31 Å². The van der Waals surface area contributed by atoms with Gasteiger partial charge in [0.2, 0.25) is 10.0 Å². The Kier molecular flexibility index (Phi) is 6.32. The molecule has 0 aliphatic carbocycles. The minimum atomic E-state index is -3.69. The highest BCUT2D eigenvalue weighted by atomic mass is 32.2. The molecule has 0 bridgehead atoms. The topological polar surface area (TPSA) is 116 Å². The van der Waals surface area contributed by atoms with Crippen LogP contribution >= 0.6 is 0 Å². The molecular weight excluding hydrogens is 374 g/mol. The summed E-state index contributed by atoms with van der Waals surface area (Å²) in [6.07, 6.45) is 0.605. The number of hydrogen-bond donors (Lipinski definition) is 2. The lowest BCUT2D eigenvalue weighted by atomic mass is 9.87. The van der Waals surface area contributed by atoms with Gasteiger partial charge in [-0.1, -0.05) is 6.92 Å². The van der Waals surface area contributed by atoms with Gasteiger partial charge < -0.3 is 20.1 Å². The van der Waals surface area contributed by atoms with Crippen LogP contribution in [0.25, 0.3) is 0 Å². The van der Waals surface area contributed by atoms with Gasteiger partial charge in [-0.25, -0.2) is 17.5 Å². The number of likely N-dealkylation sites (tertiary alicyclic amines) is 1. The maximum absolute atomic E-state index is 12.5.